The van der Waals surface area contributed by atoms with E-state index in [1.54, 1.807) is 46.6 Å². The Morgan fingerprint density at radius 3 is 2.41 bits per heavy atom. The maximum atomic E-state index is 13.2. The number of benzene rings is 2. The maximum absolute atomic E-state index is 13.2. The van der Waals surface area contributed by atoms with Crippen LogP contribution in [-0.4, -0.2) is 74.8 Å². The quantitative estimate of drug-likeness (QED) is 0.332. The Labute approximate surface area is 235 Å². The van der Waals surface area contributed by atoms with E-state index in [-0.39, 0.29) is 17.6 Å². The van der Waals surface area contributed by atoms with E-state index in [2.05, 4.69) is 20.0 Å². The number of ether oxygens (including phenoxy) is 1. The zero-order valence-corrected chi connectivity index (χ0v) is 22.8. The number of nitrogens with zero attached hydrogens (tertiary/aromatic N) is 5. The summed E-state index contributed by atoms with van der Waals surface area (Å²) >= 11 is 0. The molecule has 4 aromatic rings. The smallest absolute Gasteiger partial charge is 0.387 e. The van der Waals surface area contributed by atoms with Gasteiger partial charge in [0.05, 0.1) is 17.9 Å². The lowest BCUT2D eigenvalue weighted by atomic mass is 10.1. The fraction of sp³-hybridized carbons (Fsp3) is 0.310. The van der Waals surface area contributed by atoms with Crippen LogP contribution in [0.5, 0.6) is 5.75 Å². The number of nitrogens with one attached hydrogen (secondary N) is 1. The van der Waals surface area contributed by atoms with Gasteiger partial charge in [-0.1, -0.05) is 6.92 Å². The molecule has 10 nitrogen and oxygen atoms in total. The lowest BCUT2D eigenvalue weighted by molar-refractivity contribution is -0.134. The molecule has 2 amide bonds. The van der Waals surface area contributed by atoms with Crippen molar-refractivity contribution in [3.63, 3.8) is 0 Å². The maximum Gasteiger partial charge on any atom is 0.387 e. The number of aromatic nitrogens is 3. The molecule has 1 aliphatic heterocycles. The van der Waals surface area contributed by atoms with Gasteiger partial charge in [0, 0.05) is 55.4 Å². The van der Waals surface area contributed by atoms with Crippen molar-refractivity contribution in [2.75, 3.05) is 31.5 Å². The predicted molar refractivity (Wildman–Crippen MR) is 150 cm³/mol. The summed E-state index contributed by atoms with van der Waals surface area (Å²) in [5.74, 6) is 0.440. The molecule has 2 aromatic carbocycles. The lowest BCUT2D eigenvalue weighted by Crippen LogP contribution is -2.54. The Morgan fingerprint density at radius 2 is 1.76 bits per heavy atom. The summed E-state index contributed by atoms with van der Waals surface area (Å²) in [5.41, 5.74) is 10.1. The number of amides is 2. The Bertz CT molecular complexity index is 1550. The van der Waals surface area contributed by atoms with Crippen molar-refractivity contribution in [3.05, 3.63) is 72.2 Å². The van der Waals surface area contributed by atoms with Crippen LogP contribution in [0.2, 0.25) is 0 Å². The van der Waals surface area contributed by atoms with Crippen LogP contribution in [0.1, 0.15) is 29.3 Å². The van der Waals surface area contributed by atoms with Gasteiger partial charge in [0.2, 0.25) is 5.91 Å². The van der Waals surface area contributed by atoms with Crippen LogP contribution in [0, 0.1) is 6.92 Å². The van der Waals surface area contributed by atoms with Crippen LogP contribution in [0.15, 0.2) is 61.1 Å². The molecule has 12 heteroatoms. The van der Waals surface area contributed by atoms with Gasteiger partial charge in [-0.3, -0.25) is 14.0 Å². The van der Waals surface area contributed by atoms with Crippen molar-refractivity contribution in [2.24, 2.45) is 5.73 Å². The van der Waals surface area contributed by atoms with Crippen LogP contribution in [-0.2, 0) is 4.79 Å². The second-order valence-electron chi connectivity index (χ2n) is 9.80. The number of aryl methyl sites for hydroxylation is 1. The molecular formula is C29H31F2N7O3. The highest BCUT2D eigenvalue weighted by molar-refractivity contribution is 5.96. The highest BCUT2D eigenvalue weighted by Crippen LogP contribution is 2.28. The van der Waals surface area contributed by atoms with Crippen molar-refractivity contribution in [1.82, 2.24) is 24.2 Å². The molecule has 2 aromatic heterocycles. The van der Waals surface area contributed by atoms with Crippen LogP contribution in [0.3, 0.4) is 0 Å². The summed E-state index contributed by atoms with van der Waals surface area (Å²) in [6.45, 7) is 2.71. The zero-order chi connectivity index (χ0) is 29.1. The number of rotatable bonds is 8. The number of hydrogen-bond acceptors (Lipinski definition) is 7. The number of nitrogens with two attached hydrogens (primary N) is 1. The summed E-state index contributed by atoms with van der Waals surface area (Å²) in [6, 6.07) is 11.3. The molecule has 1 atom stereocenters. The molecule has 3 heterocycles. The number of hydrogen-bond donors (Lipinski definition) is 2. The number of halogens is 2. The third-order valence-corrected chi connectivity index (χ3v) is 7.16. The molecule has 0 radical (unpaired) electrons. The molecule has 0 spiro atoms. The van der Waals surface area contributed by atoms with Crippen LogP contribution >= 0.6 is 0 Å². The van der Waals surface area contributed by atoms with E-state index < -0.39 is 12.7 Å². The van der Waals surface area contributed by atoms with Crippen LogP contribution in [0.4, 0.5) is 20.3 Å². The SMILES string of the molecule is CCC(N)C(=O)N1CCN(C(=O)c2ccc(Nc3nccn4c(-c5ccc(OC(F)F)cc5)cnc34)cc2C)CC1. The molecule has 41 heavy (non-hydrogen) atoms. The fourth-order valence-electron chi connectivity index (χ4n) is 4.86. The highest BCUT2D eigenvalue weighted by atomic mass is 19.3. The monoisotopic (exact) mass is 563 g/mol. The molecule has 3 N–H and O–H groups in total. The second kappa shape index (κ2) is 11.9. The molecule has 0 aliphatic carbocycles. The summed E-state index contributed by atoms with van der Waals surface area (Å²) < 4.78 is 31.2. The van der Waals surface area contributed by atoms with Gasteiger partial charge >= 0.3 is 6.61 Å². The van der Waals surface area contributed by atoms with E-state index in [0.717, 1.165) is 22.5 Å². The van der Waals surface area contributed by atoms with Gasteiger partial charge in [0.25, 0.3) is 5.91 Å². The minimum absolute atomic E-state index is 0.0724. The van der Waals surface area contributed by atoms with Gasteiger partial charge in [-0.15, -0.1) is 0 Å². The average Bonchev–Trinajstić information content (AvgIpc) is 3.41. The molecule has 0 saturated carbocycles. The topological polar surface area (TPSA) is 118 Å². The number of alkyl halides is 2. The first-order chi connectivity index (χ1) is 19.7. The van der Waals surface area contributed by atoms with Gasteiger partial charge in [-0.05, 0) is 61.4 Å². The summed E-state index contributed by atoms with van der Waals surface area (Å²) in [5, 5.41) is 3.28. The van der Waals surface area contributed by atoms with Crippen molar-refractivity contribution in [2.45, 2.75) is 32.9 Å². The van der Waals surface area contributed by atoms with Crippen molar-refractivity contribution in [1.29, 1.82) is 0 Å². The third-order valence-electron chi connectivity index (χ3n) is 7.16. The van der Waals surface area contributed by atoms with Gasteiger partial charge in [0.1, 0.15) is 5.75 Å². The van der Waals surface area contributed by atoms with Crippen LogP contribution < -0.4 is 15.8 Å². The first-order valence-corrected chi connectivity index (χ1v) is 13.3. The Morgan fingerprint density at radius 1 is 1.05 bits per heavy atom. The Balaban J connectivity index is 1.28. The number of anilines is 2. The second-order valence-corrected chi connectivity index (χ2v) is 9.80. The van der Waals surface area contributed by atoms with Gasteiger partial charge in [-0.2, -0.15) is 8.78 Å². The van der Waals surface area contributed by atoms with Crippen molar-refractivity contribution >= 4 is 29.0 Å². The normalized spacial score (nSPS) is 14.4. The number of imidazole rings is 1. The largest absolute Gasteiger partial charge is 0.435 e. The number of carbonyl (C=O) groups is 2. The molecule has 214 valence electrons. The number of fused-ring (bicyclic) bond motifs is 1. The molecule has 1 aliphatic rings. The van der Waals surface area contributed by atoms with Crippen molar-refractivity contribution in [3.8, 4) is 17.0 Å². The summed E-state index contributed by atoms with van der Waals surface area (Å²) in [4.78, 5) is 38.1. The minimum Gasteiger partial charge on any atom is -0.435 e. The fourth-order valence-corrected chi connectivity index (χ4v) is 4.86. The molecule has 1 unspecified atom stereocenters. The van der Waals surface area contributed by atoms with Gasteiger partial charge in [0.15, 0.2) is 11.5 Å². The molecule has 0 bridgehead atoms. The average molecular weight is 564 g/mol. The van der Waals surface area contributed by atoms with Crippen LogP contribution in [0.25, 0.3) is 16.9 Å². The van der Waals surface area contributed by atoms with E-state index in [4.69, 9.17) is 5.73 Å². The molecule has 1 fully saturated rings. The first-order valence-electron chi connectivity index (χ1n) is 13.3. The number of piperazine rings is 1. The van der Waals surface area contributed by atoms with Gasteiger partial charge < -0.3 is 25.6 Å². The minimum atomic E-state index is -2.88. The van der Waals surface area contributed by atoms with Gasteiger partial charge in [-0.25, -0.2) is 9.97 Å². The summed E-state index contributed by atoms with van der Waals surface area (Å²) in [7, 11) is 0. The Hall–Kier alpha value is -4.58. The van der Waals surface area contributed by atoms with Crippen molar-refractivity contribution < 1.29 is 23.1 Å². The van der Waals surface area contributed by atoms with E-state index in [9.17, 15) is 18.4 Å². The van der Waals surface area contributed by atoms with E-state index >= 15 is 0 Å². The zero-order valence-electron chi connectivity index (χ0n) is 22.8. The van der Waals surface area contributed by atoms with E-state index in [0.29, 0.717) is 49.6 Å². The number of carbonyl (C=O) groups excluding carboxylic acids is 2. The summed E-state index contributed by atoms with van der Waals surface area (Å²) in [6.07, 6.45) is 5.67. The van der Waals surface area contributed by atoms with E-state index in [1.165, 1.54) is 12.1 Å². The Kier molecular flexibility index (Phi) is 8.11. The van der Waals surface area contributed by atoms with E-state index in [1.807, 2.05) is 30.4 Å². The first kappa shape index (κ1) is 28.0. The molecule has 1 saturated heterocycles. The highest BCUT2D eigenvalue weighted by Gasteiger charge is 2.27. The standard InChI is InChI=1S/C29H31F2N7O3/c1-3-23(32)28(40)37-14-12-36(13-15-37)27(39)22-9-6-20(16-18(22)2)35-25-26-34-17-24(38(26)11-10-33-25)19-4-7-21(8-5-19)41-29(30)31/h4-11,16-17,23,29H,3,12-15,32H2,1-2H3,(H,33,35). The lowest BCUT2D eigenvalue weighted by Gasteiger charge is -2.36. The molecule has 5 rings (SSSR count). The predicted octanol–water partition coefficient (Wildman–Crippen LogP) is 4.07. The molecular weight excluding hydrogens is 532 g/mol. The third kappa shape index (κ3) is 5.97.